The first-order valence-corrected chi connectivity index (χ1v) is 3.66. The number of aryl methyl sites for hydroxylation is 1. The van der Waals surface area contributed by atoms with Gasteiger partial charge in [-0.3, -0.25) is 10.1 Å². The second-order valence-electron chi connectivity index (χ2n) is 2.19. The lowest BCUT2D eigenvalue weighted by atomic mass is 10.4. The summed E-state index contributed by atoms with van der Waals surface area (Å²) >= 11 is 5.54. The summed E-state index contributed by atoms with van der Waals surface area (Å²) in [5.41, 5.74) is -0.107. The van der Waals surface area contributed by atoms with Gasteiger partial charge in [0.15, 0.2) is 0 Å². The highest BCUT2D eigenvalue weighted by Gasteiger charge is 2.20. The number of hydrogen-bond donors (Lipinski definition) is 0. The molecule has 0 N–H and O–H groups in total. The summed E-state index contributed by atoms with van der Waals surface area (Å²) in [6.45, 7) is 1.47. The summed E-state index contributed by atoms with van der Waals surface area (Å²) < 4.78 is 4.68. The zero-order valence-corrected chi connectivity index (χ0v) is 7.70. The molecule has 1 aromatic rings. The van der Waals surface area contributed by atoms with E-state index in [1.807, 2.05) is 0 Å². The Hall–Kier alpha value is -1.43. The van der Waals surface area contributed by atoms with Crippen molar-refractivity contribution in [2.24, 2.45) is 0 Å². The van der Waals surface area contributed by atoms with Crippen LogP contribution in [0, 0.1) is 17.0 Å². The van der Waals surface area contributed by atoms with E-state index in [2.05, 4.69) is 14.7 Å². The molecule has 1 aromatic heterocycles. The molecule has 0 saturated carbocycles. The van der Waals surface area contributed by atoms with Crippen LogP contribution in [0.2, 0.25) is 5.15 Å². The van der Waals surface area contributed by atoms with E-state index in [0.717, 1.165) is 0 Å². The normalized spacial score (nSPS) is 9.77. The first kappa shape index (κ1) is 9.66. The standard InChI is InChI=1S/C6H6ClN3O3/c1-3-4(10(11)12)5(7)9-6(8-3)13-2/h1-2H3. The number of halogens is 1. The first-order chi connectivity index (χ1) is 6.06. The first-order valence-electron chi connectivity index (χ1n) is 3.28. The van der Waals surface area contributed by atoms with Crippen LogP contribution in [0.4, 0.5) is 5.69 Å². The van der Waals surface area contributed by atoms with Gasteiger partial charge in [0.25, 0.3) is 0 Å². The summed E-state index contributed by atoms with van der Waals surface area (Å²) in [6.07, 6.45) is 0. The molecule has 0 spiro atoms. The van der Waals surface area contributed by atoms with E-state index in [4.69, 9.17) is 11.6 Å². The fourth-order valence-corrected chi connectivity index (χ4v) is 1.08. The maximum absolute atomic E-state index is 10.4. The van der Waals surface area contributed by atoms with E-state index in [1.54, 1.807) is 0 Å². The van der Waals surface area contributed by atoms with Gasteiger partial charge in [-0.05, 0) is 6.92 Å². The number of rotatable bonds is 2. The minimum absolute atomic E-state index is 0.0214. The largest absolute Gasteiger partial charge is 0.467 e. The van der Waals surface area contributed by atoms with Crippen LogP contribution in [0.3, 0.4) is 0 Å². The van der Waals surface area contributed by atoms with E-state index >= 15 is 0 Å². The molecule has 13 heavy (non-hydrogen) atoms. The molecule has 1 rings (SSSR count). The zero-order valence-electron chi connectivity index (χ0n) is 6.94. The third-order valence-corrected chi connectivity index (χ3v) is 1.62. The van der Waals surface area contributed by atoms with Crippen molar-refractivity contribution in [2.75, 3.05) is 7.11 Å². The Morgan fingerprint density at radius 1 is 1.54 bits per heavy atom. The van der Waals surface area contributed by atoms with Crippen molar-refractivity contribution in [3.8, 4) is 6.01 Å². The second kappa shape index (κ2) is 3.53. The summed E-state index contributed by atoms with van der Waals surface area (Å²) in [5, 5.41) is 10.2. The minimum Gasteiger partial charge on any atom is -0.467 e. The molecular weight excluding hydrogens is 198 g/mol. The lowest BCUT2D eigenvalue weighted by Crippen LogP contribution is -2.00. The molecule has 0 fully saturated rings. The highest BCUT2D eigenvalue weighted by molar-refractivity contribution is 6.31. The van der Waals surface area contributed by atoms with Crippen molar-refractivity contribution >= 4 is 17.3 Å². The Balaban J connectivity index is 3.31. The molecule has 7 heteroatoms. The molecular formula is C6H6ClN3O3. The third-order valence-electron chi connectivity index (χ3n) is 1.36. The molecule has 0 aliphatic heterocycles. The fourth-order valence-electron chi connectivity index (χ4n) is 0.806. The average molecular weight is 204 g/mol. The van der Waals surface area contributed by atoms with Crippen molar-refractivity contribution < 1.29 is 9.66 Å². The Kier molecular flexibility index (Phi) is 2.62. The van der Waals surface area contributed by atoms with Crippen molar-refractivity contribution in [1.82, 2.24) is 9.97 Å². The van der Waals surface area contributed by atoms with Crippen LogP contribution < -0.4 is 4.74 Å². The van der Waals surface area contributed by atoms with Gasteiger partial charge in [0.05, 0.1) is 12.0 Å². The molecule has 0 bridgehead atoms. The summed E-state index contributed by atoms with van der Waals surface area (Å²) in [5.74, 6) is 0. The SMILES string of the molecule is COc1nc(C)c([N+](=O)[O-])c(Cl)n1. The molecule has 0 saturated heterocycles. The number of aromatic nitrogens is 2. The summed E-state index contributed by atoms with van der Waals surface area (Å²) in [6, 6.07) is 0.0214. The van der Waals surface area contributed by atoms with Crippen molar-refractivity contribution in [2.45, 2.75) is 6.92 Å². The molecule has 0 aromatic carbocycles. The molecule has 0 aliphatic rings. The van der Waals surface area contributed by atoms with Crippen LogP contribution in [-0.4, -0.2) is 22.0 Å². The van der Waals surface area contributed by atoms with Gasteiger partial charge >= 0.3 is 11.7 Å². The lowest BCUT2D eigenvalue weighted by molar-refractivity contribution is -0.385. The van der Waals surface area contributed by atoms with Crippen molar-refractivity contribution in [3.63, 3.8) is 0 Å². The predicted molar refractivity (Wildman–Crippen MR) is 45.0 cm³/mol. The molecule has 0 unspecified atom stereocenters. The van der Waals surface area contributed by atoms with Gasteiger partial charge in [0.1, 0.15) is 5.69 Å². The molecule has 0 amide bonds. The van der Waals surface area contributed by atoms with Crippen LogP contribution in [0.25, 0.3) is 0 Å². The van der Waals surface area contributed by atoms with Gasteiger partial charge < -0.3 is 4.74 Å². The molecule has 0 aliphatic carbocycles. The fraction of sp³-hybridized carbons (Fsp3) is 0.333. The van der Waals surface area contributed by atoms with Gasteiger partial charge in [0.2, 0.25) is 5.15 Å². The quantitative estimate of drug-likeness (QED) is 0.412. The van der Waals surface area contributed by atoms with Crippen LogP contribution >= 0.6 is 11.6 Å². The van der Waals surface area contributed by atoms with Crippen LogP contribution in [-0.2, 0) is 0 Å². The van der Waals surface area contributed by atoms with E-state index in [1.165, 1.54) is 14.0 Å². The van der Waals surface area contributed by atoms with Gasteiger partial charge in [-0.15, -0.1) is 0 Å². The number of nitro groups is 1. The topological polar surface area (TPSA) is 78.2 Å². The predicted octanol–water partition coefficient (Wildman–Crippen LogP) is 1.36. The van der Waals surface area contributed by atoms with E-state index in [-0.39, 0.29) is 22.5 Å². The maximum atomic E-state index is 10.4. The Morgan fingerprint density at radius 2 is 2.15 bits per heavy atom. The highest BCUT2D eigenvalue weighted by Crippen LogP contribution is 2.26. The van der Waals surface area contributed by atoms with Crippen molar-refractivity contribution in [1.29, 1.82) is 0 Å². The van der Waals surface area contributed by atoms with Gasteiger partial charge in [-0.25, -0.2) is 0 Å². The summed E-state index contributed by atoms with van der Waals surface area (Å²) in [7, 11) is 1.36. The van der Waals surface area contributed by atoms with Crippen LogP contribution in [0.5, 0.6) is 6.01 Å². The van der Waals surface area contributed by atoms with Gasteiger partial charge in [-0.1, -0.05) is 11.6 Å². The number of ether oxygens (including phenoxy) is 1. The molecule has 6 nitrogen and oxygen atoms in total. The Labute approximate surface area is 78.7 Å². The van der Waals surface area contributed by atoms with Gasteiger partial charge in [0, 0.05) is 0 Å². The zero-order chi connectivity index (χ0) is 10.0. The Bertz CT molecular complexity index is 332. The maximum Gasteiger partial charge on any atom is 0.327 e. The number of hydrogen-bond acceptors (Lipinski definition) is 5. The monoisotopic (exact) mass is 203 g/mol. The smallest absolute Gasteiger partial charge is 0.327 e. The number of nitrogens with zero attached hydrogens (tertiary/aromatic N) is 3. The molecule has 0 atom stereocenters. The van der Waals surface area contributed by atoms with Gasteiger partial charge in [-0.2, -0.15) is 9.97 Å². The highest BCUT2D eigenvalue weighted by atomic mass is 35.5. The number of methoxy groups -OCH3 is 1. The van der Waals surface area contributed by atoms with Crippen LogP contribution in [0.15, 0.2) is 0 Å². The van der Waals surface area contributed by atoms with E-state index in [0.29, 0.717) is 0 Å². The van der Waals surface area contributed by atoms with Crippen LogP contribution in [0.1, 0.15) is 5.69 Å². The summed E-state index contributed by atoms with van der Waals surface area (Å²) in [4.78, 5) is 17.1. The van der Waals surface area contributed by atoms with E-state index < -0.39 is 4.92 Å². The molecule has 1 heterocycles. The third kappa shape index (κ3) is 1.83. The molecule has 0 radical (unpaired) electrons. The van der Waals surface area contributed by atoms with Crippen molar-refractivity contribution in [3.05, 3.63) is 21.0 Å². The molecule has 70 valence electrons. The second-order valence-corrected chi connectivity index (χ2v) is 2.55. The Morgan fingerprint density at radius 3 is 2.54 bits per heavy atom. The minimum atomic E-state index is -0.628. The average Bonchev–Trinajstić information content (AvgIpc) is 2.02. The lowest BCUT2D eigenvalue weighted by Gasteiger charge is -2.00. The van der Waals surface area contributed by atoms with E-state index in [9.17, 15) is 10.1 Å².